The summed E-state index contributed by atoms with van der Waals surface area (Å²) in [5.41, 5.74) is 5.50. The first-order chi connectivity index (χ1) is 6.97. The number of carboxylic acid groups (broad SMARTS) is 1. The van der Waals surface area contributed by atoms with E-state index in [0.29, 0.717) is 4.47 Å². The van der Waals surface area contributed by atoms with E-state index in [1.165, 1.54) is 19.2 Å². The molecule has 0 aromatic heterocycles. The van der Waals surface area contributed by atoms with Crippen molar-refractivity contribution in [2.24, 2.45) is 5.73 Å². The fraction of sp³-hybridized carbons (Fsp3) is 0.222. The van der Waals surface area contributed by atoms with Crippen LogP contribution in [0.25, 0.3) is 0 Å². The van der Waals surface area contributed by atoms with Crippen LogP contribution in [0.3, 0.4) is 0 Å². The maximum atomic E-state index is 10.7. The highest BCUT2D eigenvalue weighted by atomic mass is 79.9. The highest BCUT2D eigenvalue weighted by Crippen LogP contribution is 2.36. The van der Waals surface area contributed by atoms with Gasteiger partial charge in [0.25, 0.3) is 0 Å². The second kappa shape index (κ2) is 4.50. The average molecular weight is 276 g/mol. The lowest BCUT2D eigenvalue weighted by Crippen LogP contribution is -2.20. The summed E-state index contributed by atoms with van der Waals surface area (Å²) in [6.45, 7) is 0. The highest BCUT2D eigenvalue weighted by Gasteiger charge is 2.21. The first-order valence-electron chi connectivity index (χ1n) is 4.02. The predicted octanol–water partition coefficient (Wildman–Crippen LogP) is 1.25. The minimum Gasteiger partial charge on any atom is -0.504 e. The summed E-state index contributed by atoms with van der Waals surface area (Å²) < 4.78 is 5.45. The fourth-order valence-electron chi connectivity index (χ4n) is 1.12. The van der Waals surface area contributed by atoms with Crippen LogP contribution >= 0.6 is 15.9 Å². The van der Waals surface area contributed by atoms with Gasteiger partial charge in [0.2, 0.25) is 0 Å². The lowest BCUT2D eigenvalue weighted by Gasteiger charge is -2.12. The number of aromatic hydroxyl groups is 1. The Bertz CT molecular complexity index is 394. The molecule has 0 bridgehead atoms. The van der Waals surface area contributed by atoms with Crippen molar-refractivity contribution in [3.05, 3.63) is 22.2 Å². The Morgan fingerprint density at radius 3 is 2.67 bits per heavy atom. The van der Waals surface area contributed by atoms with Crippen LogP contribution in [0.15, 0.2) is 16.6 Å². The van der Waals surface area contributed by atoms with Gasteiger partial charge in [0, 0.05) is 10.0 Å². The Kier molecular flexibility index (Phi) is 3.54. The van der Waals surface area contributed by atoms with Crippen molar-refractivity contribution >= 4 is 21.9 Å². The molecule has 1 atom stereocenters. The van der Waals surface area contributed by atoms with Gasteiger partial charge in [0.1, 0.15) is 6.04 Å². The van der Waals surface area contributed by atoms with E-state index >= 15 is 0 Å². The van der Waals surface area contributed by atoms with Crippen molar-refractivity contribution in [2.45, 2.75) is 6.04 Å². The van der Waals surface area contributed by atoms with Crippen LogP contribution in [-0.2, 0) is 4.79 Å². The molecular formula is C9H10BrNO4. The summed E-state index contributed by atoms with van der Waals surface area (Å²) in [7, 11) is 1.37. The Balaban J connectivity index is 3.28. The van der Waals surface area contributed by atoms with Gasteiger partial charge in [-0.15, -0.1) is 0 Å². The zero-order valence-corrected chi connectivity index (χ0v) is 9.48. The van der Waals surface area contributed by atoms with Crippen LogP contribution in [-0.4, -0.2) is 23.3 Å². The summed E-state index contributed by atoms with van der Waals surface area (Å²) in [5, 5.41) is 18.4. The number of nitrogens with two attached hydrogens (primary N) is 1. The van der Waals surface area contributed by atoms with Gasteiger partial charge in [-0.2, -0.15) is 0 Å². The maximum absolute atomic E-state index is 10.7. The van der Waals surface area contributed by atoms with E-state index < -0.39 is 12.0 Å². The number of phenolic OH excluding ortho intramolecular Hbond substituents is 1. The van der Waals surface area contributed by atoms with Crippen molar-refractivity contribution < 1.29 is 19.7 Å². The summed E-state index contributed by atoms with van der Waals surface area (Å²) in [6.07, 6.45) is 0. The number of hydrogen-bond acceptors (Lipinski definition) is 4. The van der Waals surface area contributed by atoms with E-state index in [1.807, 2.05) is 0 Å². The summed E-state index contributed by atoms with van der Waals surface area (Å²) in [4.78, 5) is 10.7. The number of hydrogen-bond donors (Lipinski definition) is 3. The van der Waals surface area contributed by atoms with E-state index in [0.717, 1.165) is 0 Å². The second-order valence-electron chi connectivity index (χ2n) is 2.86. The van der Waals surface area contributed by atoms with E-state index in [4.69, 9.17) is 15.6 Å². The van der Waals surface area contributed by atoms with Crippen molar-refractivity contribution in [3.63, 3.8) is 0 Å². The number of ether oxygens (including phenoxy) is 1. The van der Waals surface area contributed by atoms with E-state index in [9.17, 15) is 9.90 Å². The largest absolute Gasteiger partial charge is 0.504 e. The molecule has 1 aromatic rings. The van der Waals surface area contributed by atoms with Crippen molar-refractivity contribution in [3.8, 4) is 11.5 Å². The molecule has 0 aliphatic heterocycles. The molecule has 0 aliphatic carbocycles. The van der Waals surface area contributed by atoms with Crippen LogP contribution in [0.4, 0.5) is 0 Å². The fourth-order valence-corrected chi connectivity index (χ4v) is 1.57. The number of benzene rings is 1. The summed E-state index contributed by atoms with van der Waals surface area (Å²) in [6, 6.07) is 1.68. The molecule has 15 heavy (non-hydrogen) atoms. The third-order valence-electron chi connectivity index (χ3n) is 1.89. The molecule has 5 nitrogen and oxygen atoms in total. The maximum Gasteiger partial charge on any atom is 0.325 e. The molecule has 0 amide bonds. The van der Waals surface area contributed by atoms with Gasteiger partial charge in [0.15, 0.2) is 11.5 Å². The zero-order valence-electron chi connectivity index (χ0n) is 7.90. The molecule has 0 spiro atoms. The molecule has 0 unspecified atom stereocenters. The van der Waals surface area contributed by atoms with Crippen LogP contribution in [0.2, 0.25) is 0 Å². The number of phenols is 1. The molecule has 0 saturated heterocycles. The zero-order chi connectivity index (χ0) is 11.6. The van der Waals surface area contributed by atoms with Crippen molar-refractivity contribution in [1.29, 1.82) is 0 Å². The molecule has 0 heterocycles. The number of carbonyl (C=O) groups is 1. The monoisotopic (exact) mass is 275 g/mol. The number of methoxy groups -OCH3 is 1. The van der Waals surface area contributed by atoms with Crippen molar-refractivity contribution in [2.75, 3.05) is 7.11 Å². The van der Waals surface area contributed by atoms with Crippen LogP contribution in [0, 0.1) is 0 Å². The number of rotatable bonds is 3. The minimum atomic E-state index is -1.28. The molecule has 6 heteroatoms. The molecule has 82 valence electrons. The molecule has 0 saturated carbocycles. The summed E-state index contributed by atoms with van der Waals surface area (Å²) in [5.74, 6) is -1.29. The Morgan fingerprint density at radius 2 is 2.20 bits per heavy atom. The van der Waals surface area contributed by atoms with Gasteiger partial charge < -0.3 is 20.7 Å². The second-order valence-corrected chi connectivity index (χ2v) is 3.78. The molecule has 1 aromatic carbocycles. The predicted molar refractivity (Wildman–Crippen MR) is 56.9 cm³/mol. The molecule has 0 radical (unpaired) electrons. The van der Waals surface area contributed by atoms with Gasteiger partial charge >= 0.3 is 5.97 Å². The quantitative estimate of drug-likeness (QED) is 0.772. The Labute approximate surface area is 94.6 Å². The Hall–Kier alpha value is -1.27. The highest BCUT2D eigenvalue weighted by molar-refractivity contribution is 9.10. The van der Waals surface area contributed by atoms with Crippen molar-refractivity contribution in [1.82, 2.24) is 0 Å². The molecule has 4 N–H and O–H groups in total. The van der Waals surface area contributed by atoms with Gasteiger partial charge in [-0.05, 0) is 12.1 Å². The molecule has 0 aliphatic rings. The first kappa shape index (κ1) is 11.8. The van der Waals surface area contributed by atoms with Gasteiger partial charge in [-0.3, -0.25) is 4.79 Å². The molecular weight excluding hydrogens is 266 g/mol. The van der Waals surface area contributed by atoms with E-state index in [1.54, 1.807) is 0 Å². The van der Waals surface area contributed by atoms with Gasteiger partial charge in [0.05, 0.1) is 7.11 Å². The number of aliphatic carboxylic acids is 1. The van der Waals surface area contributed by atoms with E-state index in [-0.39, 0.29) is 17.1 Å². The number of carboxylic acids is 1. The van der Waals surface area contributed by atoms with Crippen LogP contribution in [0.5, 0.6) is 11.5 Å². The third kappa shape index (κ3) is 2.40. The lowest BCUT2D eigenvalue weighted by molar-refractivity contribution is -0.138. The van der Waals surface area contributed by atoms with Gasteiger partial charge in [-0.1, -0.05) is 15.9 Å². The average Bonchev–Trinajstić information content (AvgIpc) is 2.19. The van der Waals surface area contributed by atoms with E-state index in [2.05, 4.69) is 15.9 Å². The Morgan fingerprint density at radius 1 is 1.60 bits per heavy atom. The molecule has 0 fully saturated rings. The van der Waals surface area contributed by atoms with Crippen LogP contribution < -0.4 is 10.5 Å². The molecule has 1 rings (SSSR count). The lowest BCUT2D eigenvalue weighted by atomic mass is 10.1. The topological polar surface area (TPSA) is 92.8 Å². The SMILES string of the molecule is COc1cc(Br)cc([C@@H](N)C(=O)O)c1O. The summed E-state index contributed by atoms with van der Waals surface area (Å²) >= 11 is 3.17. The third-order valence-corrected chi connectivity index (χ3v) is 2.35. The minimum absolute atomic E-state index is 0.105. The smallest absolute Gasteiger partial charge is 0.325 e. The number of halogens is 1. The standard InChI is InChI=1S/C9H10BrNO4/c1-15-6-3-4(10)2-5(8(6)12)7(11)9(13)14/h2-3,7,12H,11H2,1H3,(H,13,14)/t7-/m1/s1. The van der Waals surface area contributed by atoms with Gasteiger partial charge in [-0.25, -0.2) is 0 Å². The normalized spacial score (nSPS) is 12.2. The first-order valence-corrected chi connectivity index (χ1v) is 4.81. The van der Waals surface area contributed by atoms with Crippen LogP contribution in [0.1, 0.15) is 11.6 Å².